The molecule has 1 amide bonds. The van der Waals surface area contributed by atoms with Crippen molar-refractivity contribution in [1.82, 2.24) is 20.2 Å². The van der Waals surface area contributed by atoms with E-state index in [4.69, 9.17) is 9.15 Å². The zero-order valence-electron chi connectivity index (χ0n) is 16.7. The largest absolute Gasteiger partial charge is 0.495 e. The second-order valence-electron chi connectivity index (χ2n) is 7.13. The van der Waals surface area contributed by atoms with Gasteiger partial charge in [0.1, 0.15) is 29.3 Å². The molecule has 0 unspecified atom stereocenters. The van der Waals surface area contributed by atoms with Gasteiger partial charge in [0.15, 0.2) is 0 Å². The first-order valence-electron chi connectivity index (χ1n) is 9.79. The van der Waals surface area contributed by atoms with Crippen LogP contribution < -0.4 is 10.1 Å². The van der Waals surface area contributed by atoms with Crippen LogP contribution in [0.3, 0.4) is 0 Å². The van der Waals surface area contributed by atoms with Crippen LogP contribution in [0, 0.1) is 0 Å². The standard InChI is InChI=1S/C23H19N5O3/c1-30-22-12-17-16-9-5-6-10-20(16)31-21(17)13-18(22)25-23(29)19(28-14-24-26-27-28)11-15-7-3-2-4-8-15/h2-10,12-14,19H,11H2,1H3,(H,25,29)/t19-/m1/s1. The molecule has 5 aromatic rings. The van der Waals surface area contributed by atoms with Crippen LogP contribution in [-0.4, -0.2) is 33.2 Å². The number of furan rings is 1. The molecule has 0 fully saturated rings. The lowest BCUT2D eigenvalue weighted by atomic mass is 10.1. The molecule has 0 bridgehead atoms. The Hall–Kier alpha value is -4.20. The number of amides is 1. The first-order valence-corrected chi connectivity index (χ1v) is 9.79. The molecule has 0 radical (unpaired) electrons. The van der Waals surface area contributed by atoms with Crippen molar-refractivity contribution in [3.8, 4) is 5.75 Å². The Morgan fingerprint density at radius 2 is 1.87 bits per heavy atom. The fourth-order valence-corrected chi connectivity index (χ4v) is 3.69. The van der Waals surface area contributed by atoms with Crippen molar-refractivity contribution in [2.75, 3.05) is 12.4 Å². The van der Waals surface area contributed by atoms with E-state index in [9.17, 15) is 4.79 Å². The third-order valence-corrected chi connectivity index (χ3v) is 5.22. The predicted molar refractivity (Wildman–Crippen MR) is 116 cm³/mol. The first-order chi connectivity index (χ1) is 15.2. The molecule has 0 aliphatic heterocycles. The van der Waals surface area contributed by atoms with Gasteiger partial charge in [-0.15, -0.1) is 5.10 Å². The van der Waals surface area contributed by atoms with Crippen LogP contribution in [0.15, 0.2) is 77.5 Å². The van der Waals surface area contributed by atoms with Crippen molar-refractivity contribution < 1.29 is 13.9 Å². The van der Waals surface area contributed by atoms with E-state index in [0.717, 1.165) is 21.9 Å². The summed E-state index contributed by atoms with van der Waals surface area (Å²) in [7, 11) is 1.57. The smallest absolute Gasteiger partial charge is 0.249 e. The number of fused-ring (bicyclic) bond motifs is 3. The molecule has 8 nitrogen and oxygen atoms in total. The van der Waals surface area contributed by atoms with E-state index in [-0.39, 0.29) is 5.91 Å². The Balaban J connectivity index is 1.50. The van der Waals surface area contributed by atoms with Gasteiger partial charge in [0.05, 0.1) is 12.8 Å². The summed E-state index contributed by atoms with van der Waals surface area (Å²) in [4.78, 5) is 13.3. The number of aromatic nitrogens is 4. The number of para-hydroxylation sites is 1. The summed E-state index contributed by atoms with van der Waals surface area (Å²) in [5.74, 6) is 0.285. The number of anilines is 1. The molecule has 1 atom stereocenters. The van der Waals surface area contributed by atoms with Gasteiger partial charge in [-0.05, 0) is 28.1 Å². The fourth-order valence-electron chi connectivity index (χ4n) is 3.69. The molecule has 0 saturated carbocycles. The average molecular weight is 413 g/mol. The van der Waals surface area contributed by atoms with Crippen LogP contribution in [0.25, 0.3) is 21.9 Å². The Morgan fingerprint density at radius 3 is 2.65 bits per heavy atom. The lowest BCUT2D eigenvalue weighted by Gasteiger charge is -2.17. The number of nitrogens with one attached hydrogen (secondary N) is 1. The quantitative estimate of drug-likeness (QED) is 0.452. The Kier molecular flexibility index (Phi) is 4.80. The number of ether oxygens (including phenoxy) is 1. The summed E-state index contributed by atoms with van der Waals surface area (Å²) < 4.78 is 13.0. The van der Waals surface area contributed by atoms with Gasteiger partial charge in [0.25, 0.3) is 0 Å². The van der Waals surface area contributed by atoms with Crippen molar-refractivity contribution in [2.24, 2.45) is 0 Å². The lowest BCUT2D eigenvalue weighted by Crippen LogP contribution is -2.28. The minimum atomic E-state index is -0.631. The maximum Gasteiger partial charge on any atom is 0.249 e. The summed E-state index contributed by atoms with van der Waals surface area (Å²) in [6.45, 7) is 0. The summed E-state index contributed by atoms with van der Waals surface area (Å²) in [6, 6.07) is 20.5. The third kappa shape index (κ3) is 3.59. The molecule has 0 aliphatic carbocycles. The van der Waals surface area contributed by atoms with E-state index in [1.54, 1.807) is 13.2 Å². The SMILES string of the molecule is COc1cc2c(cc1NC(=O)[C@@H](Cc1ccccc1)n1cnnn1)oc1ccccc12. The molecule has 154 valence electrons. The average Bonchev–Trinajstić information content (AvgIpc) is 3.45. The molecule has 31 heavy (non-hydrogen) atoms. The van der Waals surface area contributed by atoms with Gasteiger partial charge in [0.2, 0.25) is 5.91 Å². The highest BCUT2D eigenvalue weighted by atomic mass is 16.5. The normalized spacial score (nSPS) is 12.2. The molecule has 1 N–H and O–H groups in total. The number of benzene rings is 3. The van der Waals surface area contributed by atoms with Crippen LogP contribution in [0.5, 0.6) is 5.75 Å². The van der Waals surface area contributed by atoms with Gasteiger partial charge in [-0.1, -0.05) is 48.5 Å². The van der Waals surface area contributed by atoms with Crippen molar-refractivity contribution in [3.05, 3.63) is 78.6 Å². The summed E-state index contributed by atoms with van der Waals surface area (Å²) in [5.41, 5.74) is 2.96. The monoisotopic (exact) mass is 413 g/mol. The van der Waals surface area contributed by atoms with E-state index in [2.05, 4.69) is 20.8 Å². The highest BCUT2D eigenvalue weighted by molar-refractivity contribution is 6.08. The summed E-state index contributed by atoms with van der Waals surface area (Å²) in [5, 5.41) is 16.2. The van der Waals surface area contributed by atoms with Gasteiger partial charge in [-0.2, -0.15) is 0 Å². The van der Waals surface area contributed by atoms with Gasteiger partial charge in [-0.25, -0.2) is 4.68 Å². The number of tetrazole rings is 1. The molecule has 2 aromatic heterocycles. The van der Waals surface area contributed by atoms with E-state index in [1.807, 2.05) is 60.7 Å². The van der Waals surface area contributed by atoms with Gasteiger partial charge < -0.3 is 14.5 Å². The molecular weight excluding hydrogens is 394 g/mol. The van der Waals surface area contributed by atoms with Crippen LogP contribution in [0.2, 0.25) is 0 Å². The second-order valence-corrected chi connectivity index (χ2v) is 7.13. The second kappa shape index (κ2) is 7.91. The Bertz CT molecular complexity index is 1350. The third-order valence-electron chi connectivity index (χ3n) is 5.22. The molecule has 0 spiro atoms. The maximum absolute atomic E-state index is 13.3. The highest BCUT2D eigenvalue weighted by Gasteiger charge is 2.24. The maximum atomic E-state index is 13.3. The summed E-state index contributed by atoms with van der Waals surface area (Å²) in [6.07, 6.45) is 1.87. The molecular formula is C23H19N5O3. The van der Waals surface area contributed by atoms with Crippen molar-refractivity contribution in [3.63, 3.8) is 0 Å². The number of carbonyl (C=O) groups excluding carboxylic acids is 1. The first kappa shape index (κ1) is 18.8. The van der Waals surface area contributed by atoms with Crippen LogP contribution in [0.4, 0.5) is 5.69 Å². The zero-order chi connectivity index (χ0) is 21.2. The molecule has 0 aliphatic rings. The fraction of sp³-hybridized carbons (Fsp3) is 0.130. The number of hydrogen-bond donors (Lipinski definition) is 1. The summed E-state index contributed by atoms with van der Waals surface area (Å²) >= 11 is 0. The molecule has 5 rings (SSSR count). The zero-order valence-corrected chi connectivity index (χ0v) is 16.7. The van der Waals surface area contributed by atoms with Crippen LogP contribution >= 0.6 is 0 Å². The van der Waals surface area contributed by atoms with Crippen molar-refractivity contribution in [2.45, 2.75) is 12.5 Å². The number of rotatable bonds is 6. The molecule has 2 heterocycles. The lowest BCUT2D eigenvalue weighted by molar-refractivity contribution is -0.119. The predicted octanol–water partition coefficient (Wildman–Crippen LogP) is 4.00. The van der Waals surface area contributed by atoms with E-state index in [1.165, 1.54) is 11.0 Å². The van der Waals surface area contributed by atoms with Crippen molar-refractivity contribution >= 4 is 33.5 Å². The topological polar surface area (TPSA) is 95.1 Å². The Morgan fingerprint density at radius 1 is 1.06 bits per heavy atom. The Labute approximate surface area is 177 Å². The van der Waals surface area contributed by atoms with E-state index >= 15 is 0 Å². The van der Waals surface area contributed by atoms with Gasteiger partial charge >= 0.3 is 0 Å². The van der Waals surface area contributed by atoms with Crippen LogP contribution in [0.1, 0.15) is 11.6 Å². The van der Waals surface area contributed by atoms with E-state index in [0.29, 0.717) is 23.4 Å². The van der Waals surface area contributed by atoms with Gasteiger partial charge in [-0.3, -0.25) is 4.79 Å². The molecule has 8 heteroatoms. The highest BCUT2D eigenvalue weighted by Crippen LogP contribution is 2.36. The van der Waals surface area contributed by atoms with E-state index < -0.39 is 6.04 Å². The number of nitrogens with zero attached hydrogens (tertiary/aromatic N) is 4. The minimum Gasteiger partial charge on any atom is -0.495 e. The van der Waals surface area contributed by atoms with Crippen molar-refractivity contribution in [1.29, 1.82) is 0 Å². The molecule has 0 saturated heterocycles. The minimum absolute atomic E-state index is 0.259. The molecule has 3 aromatic carbocycles. The number of carbonyl (C=O) groups is 1. The van der Waals surface area contributed by atoms with Gasteiger partial charge in [0, 0.05) is 23.3 Å². The van der Waals surface area contributed by atoms with Crippen LogP contribution in [-0.2, 0) is 11.2 Å². The number of hydrogen-bond acceptors (Lipinski definition) is 6. The number of methoxy groups -OCH3 is 1.